The lowest BCUT2D eigenvalue weighted by molar-refractivity contribution is 0.247. The van der Waals surface area contributed by atoms with Gasteiger partial charge in [-0.3, -0.25) is 4.90 Å². The summed E-state index contributed by atoms with van der Waals surface area (Å²) in [5, 5.41) is 0. The van der Waals surface area contributed by atoms with Crippen molar-refractivity contribution in [3.05, 3.63) is 18.2 Å². The van der Waals surface area contributed by atoms with Gasteiger partial charge in [-0.05, 0) is 25.8 Å². The van der Waals surface area contributed by atoms with Gasteiger partial charge in [-0.15, -0.1) is 12.4 Å². The van der Waals surface area contributed by atoms with E-state index in [4.69, 9.17) is 5.73 Å². The molecule has 0 amide bonds. The predicted molar refractivity (Wildman–Crippen MR) is 67.5 cm³/mol. The lowest BCUT2D eigenvalue weighted by Crippen LogP contribution is -2.28. The average Bonchev–Trinajstić information content (AvgIpc) is 2.76. The Labute approximate surface area is 103 Å². The number of aromatic nitrogens is 2. The molecule has 2 N–H and O–H groups in total. The second-order valence-electron chi connectivity index (χ2n) is 4.57. The summed E-state index contributed by atoms with van der Waals surface area (Å²) in [7, 11) is 2.05. The molecule has 0 aliphatic carbocycles. The Bertz CT molecular complexity index is 326. The highest BCUT2D eigenvalue weighted by molar-refractivity contribution is 5.85. The molecule has 0 spiro atoms. The summed E-state index contributed by atoms with van der Waals surface area (Å²) >= 11 is 0. The Morgan fingerprint density at radius 1 is 1.56 bits per heavy atom. The maximum Gasteiger partial charge on any atom is 0.122 e. The lowest BCUT2D eigenvalue weighted by atomic mass is 10.1. The molecule has 0 bridgehead atoms. The first-order valence-corrected chi connectivity index (χ1v) is 5.61. The number of nitrogens with zero attached hydrogens (tertiary/aromatic N) is 3. The molecule has 1 saturated heterocycles. The van der Waals surface area contributed by atoms with Gasteiger partial charge in [0.1, 0.15) is 5.82 Å². The highest BCUT2D eigenvalue weighted by atomic mass is 35.5. The fraction of sp³-hybridized carbons (Fsp3) is 0.727. The van der Waals surface area contributed by atoms with E-state index in [1.807, 2.05) is 19.4 Å². The molecule has 1 aliphatic rings. The maximum absolute atomic E-state index is 5.71. The largest absolute Gasteiger partial charge is 0.337 e. The van der Waals surface area contributed by atoms with Crippen molar-refractivity contribution in [3.63, 3.8) is 0 Å². The topological polar surface area (TPSA) is 47.1 Å². The average molecular weight is 245 g/mol. The third-order valence-corrected chi connectivity index (χ3v) is 3.39. The van der Waals surface area contributed by atoms with Gasteiger partial charge in [-0.2, -0.15) is 0 Å². The van der Waals surface area contributed by atoms with Crippen LogP contribution in [-0.4, -0.2) is 33.6 Å². The standard InChI is InChI=1S/C11H20N4.ClH/c1-9-5-10(6-12)7-15(9)8-11-13-3-4-14(11)2;/h3-4,9-10H,5-8,12H2,1-2H3;1H. The summed E-state index contributed by atoms with van der Waals surface area (Å²) in [6, 6.07) is 0.634. The Balaban J connectivity index is 0.00000128. The summed E-state index contributed by atoms with van der Waals surface area (Å²) in [5.74, 6) is 1.81. The molecule has 0 saturated carbocycles. The van der Waals surface area contributed by atoms with Crippen LogP contribution in [0.2, 0.25) is 0 Å². The predicted octanol–water partition coefficient (Wildman–Crippen LogP) is 1.01. The van der Waals surface area contributed by atoms with Gasteiger partial charge in [0.05, 0.1) is 6.54 Å². The zero-order valence-corrected chi connectivity index (χ0v) is 10.8. The fourth-order valence-corrected chi connectivity index (χ4v) is 2.34. The third-order valence-electron chi connectivity index (χ3n) is 3.39. The smallest absolute Gasteiger partial charge is 0.122 e. The molecule has 92 valence electrons. The second-order valence-corrected chi connectivity index (χ2v) is 4.57. The lowest BCUT2D eigenvalue weighted by Gasteiger charge is -2.20. The number of likely N-dealkylation sites (tertiary alicyclic amines) is 1. The van der Waals surface area contributed by atoms with Crippen LogP contribution in [0.25, 0.3) is 0 Å². The van der Waals surface area contributed by atoms with E-state index in [0.29, 0.717) is 12.0 Å². The summed E-state index contributed by atoms with van der Waals surface area (Å²) in [4.78, 5) is 6.83. The molecule has 1 fully saturated rings. The normalized spacial score (nSPS) is 25.7. The molecule has 2 rings (SSSR count). The van der Waals surface area contributed by atoms with Crippen LogP contribution in [0.3, 0.4) is 0 Å². The fourth-order valence-electron chi connectivity index (χ4n) is 2.34. The Morgan fingerprint density at radius 3 is 2.81 bits per heavy atom. The van der Waals surface area contributed by atoms with Crippen molar-refractivity contribution in [3.8, 4) is 0 Å². The van der Waals surface area contributed by atoms with Gasteiger partial charge in [-0.25, -0.2) is 4.98 Å². The molecule has 1 aliphatic heterocycles. The number of halogens is 1. The van der Waals surface area contributed by atoms with E-state index in [0.717, 1.165) is 25.5 Å². The van der Waals surface area contributed by atoms with E-state index in [1.54, 1.807) is 0 Å². The summed E-state index contributed by atoms with van der Waals surface area (Å²) in [6.07, 6.45) is 5.08. The van der Waals surface area contributed by atoms with Crippen molar-refractivity contribution in [2.45, 2.75) is 25.9 Å². The molecule has 1 aromatic heterocycles. The zero-order valence-electron chi connectivity index (χ0n) is 9.97. The van der Waals surface area contributed by atoms with Crippen LogP contribution in [0.5, 0.6) is 0 Å². The van der Waals surface area contributed by atoms with E-state index in [2.05, 4.69) is 21.4 Å². The van der Waals surface area contributed by atoms with Crippen LogP contribution in [0.1, 0.15) is 19.2 Å². The van der Waals surface area contributed by atoms with E-state index in [-0.39, 0.29) is 12.4 Å². The van der Waals surface area contributed by atoms with E-state index >= 15 is 0 Å². The Morgan fingerprint density at radius 2 is 2.31 bits per heavy atom. The molecule has 0 radical (unpaired) electrons. The Kier molecular flexibility index (Phi) is 4.77. The van der Waals surface area contributed by atoms with Crippen molar-refractivity contribution >= 4 is 12.4 Å². The van der Waals surface area contributed by atoms with Crippen LogP contribution in [-0.2, 0) is 13.6 Å². The van der Waals surface area contributed by atoms with Crippen LogP contribution >= 0.6 is 12.4 Å². The Hall–Kier alpha value is -0.580. The molecule has 0 aromatic carbocycles. The molecule has 2 heterocycles. The van der Waals surface area contributed by atoms with Crippen LogP contribution < -0.4 is 5.73 Å². The number of hydrogen-bond acceptors (Lipinski definition) is 3. The first kappa shape index (κ1) is 13.5. The van der Waals surface area contributed by atoms with E-state index < -0.39 is 0 Å². The molecule has 5 heteroatoms. The second kappa shape index (κ2) is 5.66. The summed E-state index contributed by atoms with van der Waals surface area (Å²) in [5.41, 5.74) is 5.71. The van der Waals surface area contributed by atoms with Gasteiger partial charge in [0.2, 0.25) is 0 Å². The van der Waals surface area contributed by atoms with Crippen molar-refractivity contribution in [2.75, 3.05) is 13.1 Å². The number of nitrogens with two attached hydrogens (primary N) is 1. The molecule has 4 nitrogen and oxygen atoms in total. The molecular weight excluding hydrogens is 224 g/mol. The van der Waals surface area contributed by atoms with Gasteiger partial charge in [-0.1, -0.05) is 0 Å². The minimum Gasteiger partial charge on any atom is -0.337 e. The molecule has 16 heavy (non-hydrogen) atoms. The maximum atomic E-state index is 5.71. The van der Waals surface area contributed by atoms with Gasteiger partial charge in [0.25, 0.3) is 0 Å². The SMILES string of the molecule is CC1CC(CN)CN1Cc1nccn1C.Cl. The number of rotatable bonds is 3. The summed E-state index contributed by atoms with van der Waals surface area (Å²) in [6.45, 7) is 5.14. The minimum atomic E-state index is 0. The van der Waals surface area contributed by atoms with Gasteiger partial charge < -0.3 is 10.3 Å². The van der Waals surface area contributed by atoms with Crippen LogP contribution in [0.15, 0.2) is 12.4 Å². The zero-order chi connectivity index (χ0) is 10.8. The van der Waals surface area contributed by atoms with E-state index in [9.17, 15) is 0 Å². The van der Waals surface area contributed by atoms with Crippen molar-refractivity contribution < 1.29 is 0 Å². The van der Waals surface area contributed by atoms with Crippen molar-refractivity contribution in [1.82, 2.24) is 14.5 Å². The van der Waals surface area contributed by atoms with Gasteiger partial charge in [0.15, 0.2) is 0 Å². The molecule has 2 unspecified atom stereocenters. The summed E-state index contributed by atoms with van der Waals surface area (Å²) < 4.78 is 2.09. The number of aryl methyl sites for hydroxylation is 1. The van der Waals surface area contributed by atoms with Crippen LogP contribution in [0, 0.1) is 5.92 Å². The molecule has 1 aromatic rings. The monoisotopic (exact) mass is 244 g/mol. The van der Waals surface area contributed by atoms with Crippen molar-refractivity contribution in [1.29, 1.82) is 0 Å². The highest BCUT2D eigenvalue weighted by Crippen LogP contribution is 2.23. The van der Waals surface area contributed by atoms with Crippen LogP contribution in [0.4, 0.5) is 0 Å². The third kappa shape index (κ3) is 2.75. The van der Waals surface area contributed by atoms with Crippen molar-refractivity contribution in [2.24, 2.45) is 18.7 Å². The number of imidazole rings is 1. The van der Waals surface area contributed by atoms with Gasteiger partial charge in [0, 0.05) is 32.0 Å². The number of hydrogen-bond donors (Lipinski definition) is 1. The molecular formula is C11H21ClN4. The first-order chi connectivity index (χ1) is 7.20. The highest BCUT2D eigenvalue weighted by Gasteiger charge is 2.28. The molecule has 2 atom stereocenters. The van der Waals surface area contributed by atoms with E-state index in [1.165, 1.54) is 6.42 Å². The first-order valence-electron chi connectivity index (χ1n) is 5.61. The van der Waals surface area contributed by atoms with Gasteiger partial charge >= 0.3 is 0 Å². The quantitative estimate of drug-likeness (QED) is 0.864. The minimum absolute atomic E-state index is 0.